The topological polar surface area (TPSA) is 58.2 Å². The summed E-state index contributed by atoms with van der Waals surface area (Å²) in [5.41, 5.74) is 0.999. The largest absolute Gasteiger partial charge is 0.380 e. The number of rotatable bonds is 3. The van der Waals surface area contributed by atoms with Crippen LogP contribution in [-0.2, 0) is 9.53 Å². The van der Waals surface area contributed by atoms with Crippen molar-refractivity contribution in [1.29, 1.82) is 0 Å². The molecule has 98 valence electrons. The number of aromatic amines is 1. The van der Waals surface area contributed by atoms with Crippen LogP contribution in [0.25, 0.3) is 0 Å². The fourth-order valence-electron chi connectivity index (χ4n) is 2.26. The number of nitrogens with zero attached hydrogens (tertiary/aromatic N) is 2. The van der Waals surface area contributed by atoms with Crippen molar-refractivity contribution in [2.24, 2.45) is 0 Å². The number of aromatic nitrogens is 2. The van der Waals surface area contributed by atoms with E-state index in [1.807, 2.05) is 18.7 Å². The summed E-state index contributed by atoms with van der Waals surface area (Å²) < 4.78 is 5.37. The van der Waals surface area contributed by atoms with Crippen LogP contribution >= 0.6 is 0 Å². The summed E-state index contributed by atoms with van der Waals surface area (Å²) in [7, 11) is 1.68. The van der Waals surface area contributed by atoms with Crippen LogP contribution in [-0.4, -0.2) is 40.5 Å². The van der Waals surface area contributed by atoms with Gasteiger partial charge in [0.05, 0.1) is 12.1 Å². The van der Waals surface area contributed by atoms with Gasteiger partial charge in [-0.3, -0.25) is 4.79 Å². The number of likely N-dealkylation sites (tertiary alicyclic amines) is 1. The van der Waals surface area contributed by atoms with E-state index in [-0.39, 0.29) is 18.1 Å². The zero-order valence-corrected chi connectivity index (χ0v) is 11.0. The molecule has 5 nitrogen and oxygen atoms in total. The SMILES string of the molecule is CO[C@@H]1C[C@@H](c2ncc[nH]2)N(C(=O)C=C(C)C)C1. The second kappa shape index (κ2) is 5.35. The van der Waals surface area contributed by atoms with Crippen LogP contribution in [0.3, 0.4) is 0 Å². The molecule has 18 heavy (non-hydrogen) atoms. The number of H-pyrrole nitrogens is 1. The minimum absolute atomic E-state index is 0.0203. The molecule has 2 atom stereocenters. The predicted molar refractivity (Wildman–Crippen MR) is 67.9 cm³/mol. The molecular formula is C13H19N3O2. The molecule has 1 aliphatic heterocycles. The summed E-state index contributed by atoms with van der Waals surface area (Å²) in [5, 5.41) is 0. The van der Waals surface area contributed by atoms with E-state index in [0.29, 0.717) is 6.54 Å². The van der Waals surface area contributed by atoms with Gasteiger partial charge >= 0.3 is 0 Å². The first-order valence-corrected chi connectivity index (χ1v) is 6.09. The highest BCUT2D eigenvalue weighted by atomic mass is 16.5. The molecule has 0 spiro atoms. The van der Waals surface area contributed by atoms with E-state index in [1.165, 1.54) is 0 Å². The molecule has 2 rings (SSSR count). The number of methoxy groups -OCH3 is 1. The van der Waals surface area contributed by atoms with Crippen molar-refractivity contribution < 1.29 is 9.53 Å². The lowest BCUT2D eigenvalue weighted by Crippen LogP contribution is -2.31. The van der Waals surface area contributed by atoms with E-state index in [0.717, 1.165) is 17.8 Å². The predicted octanol–water partition coefficient (Wildman–Crippen LogP) is 1.66. The summed E-state index contributed by atoms with van der Waals surface area (Å²) in [6.45, 7) is 4.46. The Hall–Kier alpha value is -1.62. The zero-order chi connectivity index (χ0) is 13.1. The molecule has 0 aromatic carbocycles. The molecule has 0 radical (unpaired) electrons. The Morgan fingerprint density at radius 1 is 1.61 bits per heavy atom. The quantitative estimate of drug-likeness (QED) is 0.829. The first-order chi connectivity index (χ1) is 8.61. The molecule has 1 aromatic rings. The molecule has 1 fully saturated rings. The lowest BCUT2D eigenvalue weighted by Gasteiger charge is -2.21. The summed E-state index contributed by atoms with van der Waals surface area (Å²) >= 11 is 0. The van der Waals surface area contributed by atoms with Crippen molar-refractivity contribution in [2.75, 3.05) is 13.7 Å². The maximum absolute atomic E-state index is 12.2. The van der Waals surface area contributed by atoms with Crippen molar-refractivity contribution in [1.82, 2.24) is 14.9 Å². The third kappa shape index (κ3) is 2.61. The standard InChI is InChI=1S/C13H19N3O2/c1-9(2)6-12(17)16-8-10(18-3)7-11(16)13-14-4-5-15-13/h4-6,10-11H,7-8H2,1-3H3,(H,14,15)/t10-,11+/m1/s1. The fraction of sp³-hybridized carbons (Fsp3) is 0.538. The Labute approximate surface area is 107 Å². The monoisotopic (exact) mass is 249 g/mol. The lowest BCUT2D eigenvalue weighted by atomic mass is 10.2. The van der Waals surface area contributed by atoms with Gasteiger partial charge in [-0.05, 0) is 13.8 Å². The second-order valence-electron chi connectivity index (χ2n) is 4.80. The first-order valence-electron chi connectivity index (χ1n) is 6.09. The van der Waals surface area contributed by atoms with Gasteiger partial charge in [0, 0.05) is 38.5 Å². The third-order valence-electron chi connectivity index (χ3n) is 3.13. The number of carbonyl (C=O) groups excluding carboxylic acids is 1. The van der Waals surface area contributed by atoms with Crippen LogP contribution in [0.15, 0.2) is 24.0 Å². The van der Waals surface area contributed by atoms with Crippen molar-refractivity contribution in [2.45, 2.75) is 32.4 Å². The van der Waals surface area contributed by atoms with Crippen LogP contribution < -0.4 is 0 Å². The van der Waals surface area contributed by atoms with E-state index < -0.39 is 0 Å². The van der Waals surface area contributed by atoms with Crippen molar-refractivity contribution >= 4 is 5.91 Å². The Morgan fingerprint density at radius 3 is 2.94 bits per heavy atom. The Bertz CT molecular complexity index is 435. The van der Waals surface area contributed by atoms with Gasteiger partial charge in [-0.25, -0.2) is 4.98 Å². The van der Waals surface area contributed by atoms with Gasteiger partial charge in [0.15, 0.2) is 0 Å². The van der Waals surface area contributed by atoms with Gasteiger partial charge in [-0.1, -0.05) is 5.57 Å². The fourth-order valence-corrected chi connectivity index (χ4v) is 2.26. The van der Waals surface area contributed by atoms with Crippen LogP contribution in [0.4, 0.5) is 0 Å². The van der Waals surface area contributed by atoms with Crippen molar-refractivity contribution in [3.05, 3.63) is 29.9 Å². The van der Waals surface area contributed by atoms with Gasteiger partial charge in [-0.15, -0.1) is 0 Å². The van der Waals surface area contributed by atoms with E-state index in [2.05, 4.69) is 9.97 Å². The van der Waals surface area contributed by atoms with Gasteiger partial charge < -0.3 is 14.6 Å². The molecule has 0 unspecified atom stereocenters. The van der Waals surface area contributed by atoms with Crippen molar-refractivity contribution in [3.8, 4) is 0 Å². The Morgan fingerprint density at radius 2 is 2.39 bits per heavy atom. The van der Waals surface area contributed by atoms with Crippen molar-refractivity contribution in [3.63, 3.8) is 0 Å². The molecule has 1 aliphatic rings. The van der Waals surface area contributed by atoms with Gasteiger partial charge in [0.2, 0.25) is 5.91 Å². The minimum atomic E-state index is -0.0203. The summed E-state index contributed by atoms with van der Waals surface area (Å²) in [6.07, 6.45) is 6.01. The zero-order valence-electron chi connectivity index (χ0n) is 11.0. The maximum Gasteiger partial charge on any atom is 0.247 e. The van der Waals surface area contributed by atoms with Crippen LogP contribution in [0.1, 0.15) is 32.1 Å². The first kappa shape index (κ1) is 12.8. The molecule has 0 bridgehead atoms. The minimum Gasteiger partial charge on any atom is -0.380 e. The number of hydrogen-bond donors (Lipinski definition) is 1. The number of carbonyl (C=O) groups is 1. The average molecular weight is 249 g/mol. The highest BCUT2D eigenvalue weighted by molar-refractivity contribution is 5.88. The van der Waals surface area contributed by atoms with Gasteiger partial charge in [0.1, 0.15) is 5.82 Å². The Kier molecular flexibility index (Phi) is 3.81. The average Bonchev–Trinajstić information content (AvgIpc) is 2.96. The van der Waals surface area contributed by atoms with Crippen LogP contribution in [0, 0.1) is 0 Å². The number of ether oxygens (including phenoxy) is 1. The third-order valence-corrected chi connectivity index (χ3v) is 3.13. The van der Waals surface area contributed by atoms with E-state index in [1.54, 1.807) is 25.6 Å². The smallest absolute Gasteiger partial charge is 0.247 e. The summed E-state index contributed by atoms with van der Waals surface area (Å²) in [4.78, 5) is 21.3. The summed E-state index contributed by atoms with van der Waals surface area (Å²) in [5.74, 6) is 0.848. The van der Waals surface area contributed by atoms with E-state index in [9.17, 15) is 4.79 Å². The lowest BCUT2D eigenvalue weighted by molar-refractivity contribution is -0.127. The van der Waals surface area contributed by atoms with Gasteiger partial charge in [0.25, 0.3) is 0 Å². The molecule has 2 heterocycles. The molecule has 1 N–H and O–H groups in total. The molecule has 1 saturated heterocycles. The van der Waals surface area contributed by atoms with E-state index >= 15 is 0 Å². The Balaban J connectivity index is 2.20. The van der Waals surface area contributed by atoms with E-state index in [4.69, 9.17) is 4.74 Å². The molecule has 0 aliphatic carbocycles. The van der Waals surface area contributed by atoms with Gasteiger partial charge in [-0.2, -0.15) is 0 Å². The molecule has 0 saturated carbocycles. The number of nitrogens with one attached hydrogen (secondary N) is 1. The number of hydrogen-bond acceptors (Lipinski definition) is 3. The number of imidazole rings is 1. The molecule has 1 aromatic heterocycles. The highest BCUT2D eigenvalue weighted by Crippen LogP contribution is 2.31. The van der Waals surface area contributed by atoms with Crippen LogP contribution in [0.2, 0.25) is 0 Å². The maximum atomic E-state index is 12.2. The molecule has 1 amide bonds. The second-order valence-corrected chi connectivity index (χ2v) is 4.80. The number of amides is 1. The molecule has 5 heteroatoms. The molecular weight excluding hydrogens is 230 g/mol. The summed E-state index contributed by atoms with van der Waals surface area (Å²) in [6, 6.07) is -0.0203. The van der Waals surface area contributed by atoms with Crippen LogP contribution in [0.5, 0.6) is 0 Å². The number of allylic oxidation sites excluding steroid dienone is 1. The highest BCUT2D eigenvalue weighted by Gasteiger charge is 2.36. The normalized spacial score (nSPS) is 23.2.